The van der Waals surface area contributed by atoms with Gasteiger partial charge in [0.2, 0.25) is 0 Å². The molecule has 0 spiro atoms. The average molecular weight is 497 g/mol. The highest BCUT2D eigenvalue weighted by Gasteiger charge is 2.34. The van der Waals surface area contributed by atoms with Crippen molar-refractivity contribution in [2.75, 3.05) is 20.1 Å². The smallest absolute Gasteiger partial charge is 0.257 e. The second-order valence-corrected chi connectivity index (χ2v) is 9.71. The van der Waals surface area contributed by atoms with Crippen molar-refractivity contribution in [1.82, 2.24) is 19.4 Å². The minimum absolute atomic E-state index is 0.0240. The van der Waals surface area contributed by atoms with Gasteiger partial charge in [-0.1, -0.05) is 30.3 Å². The van der Waals surface area contributed by atoms with E-state index >= 15 is 0 Å². The molecule has 3 heterocycles. The molecule has 0 saturated carbocycles. The molecule has 37 heavy (non-hydrogen) atoms. The number of hydrogen-bond donors (Lipinski definition) is 0. The minimum atomic E-state index is -0.0244. The summed E-state index contributed by atoms with van der Waals surface area (Å²) in [4.78, 5) is 34.5. The second-order valence-electron chi connectivity index (χ2n) is 9.71. The fourth-order valence-corrected chi connectivity index (χ4v) is 5.28. The van der Waals surface area contributed by atoms with Crippen LogP contribution in [0, 0.1) is 12.8 Å². The number of carbonyl (C=O) groups is 2. The standard InChI is InChI=1S/C30H32N4O3/c1-22-27(14-19-37-22)30(36)32(2)28(20-23-6-4-3-5-7-23)24-12-16-33(17-13-24)29(35)25-8-10-26(11-9-25)34-18-15-31-21-34/h3-11,14-15,18-19,21,24,28H,12-13,16-17,20H2,1-2H3. The lowest BCUT2D eigenvalue weighted by Gasteiger charge is -2.40. The number of likely N-dealkylation sites (N-methyl/N-ethyl adjacent to an activating group) is 1. The molecule has 7 nitrogen and oxygen atoms in total. The van der Waals surface area contributed by atoms with E-state index in [0.29, 0.717) is 30.0 Å². The van der Waals surface area contributed by atoms with E-state index in [9.17, 15) is 9.59 Å². The van der Waals surface area contributed by atoms with Crippen molar-refractivity contribution >= 4 is 11.8 Å². The van der Waals surface area contributed by atoms with Gasteiger partial charge in [-0.3, -0.25) is 9.59 Å². The molecule has 0 bridgehead atoms. The highest BCUT2D eigenvalue weighted by atomic mass is 16.3. The van der Waals surface area contributed by atoms with E-state index in [1.165, 1.54) is 5.56 Å². The summed E-state index contributed by atoms with van der Waals surface area (Å²) in [5, 5.41) is 0. The summed E-state index contributed by atoms with van der Waals surface area (Å²) in [7, 11) is 1.89. The van der Waals surface area contributed by atoms with E-state index < -0.39 is 0 Å². The number of rotatable bonds is 7. The third kappa shape index (κ3) is 5.35. The van der Waals surface area contributed by atoms with Gasteiger partial charge in [-0.05, 0) is 68.0 Å². The fourth-order valence-electron chi connectivity index (χ4n) is 5.28. The maximum Gasteiger partial charge on any atom is 0.257 e. The summed E-state index contributed by atoms with van der Waals surface area (Å²) in [6, 6.07) is 19.7. The van der Waals surface area contributed by atoms with Crippen molar-refractivity contribution in [3.8, 4) is 5.69 Å². The van der Waals surface area contributed by atoms with Gasteiger partial charge in [-0.15, -0.1) is 0 Å². The van der Waals surface area contributed by atoms with E-state index in [4.69, 9.17) is 4.42 Å². The Morgan fingerprint density at radius 2 is 1.78 bits per heavy atom. The Labute approximate surface area is 217 Å². The number of nitrogens with zero attached hydrogens (tertiary/aromatic N) is 4. The Bertz CT molecular complexity index is 1320. The SMILES string of the molecule is Cc1occc1C(=O)N(C)C(Cc1ccccc1)C1CCN(C(=O)c2ccc(-n3ccnc3)cc2)CC1. The first-order valence-electron chi connectivity index (χ1n) is 12.7. The minimum Gasteiger partial charge on any atom is -0.469 e. The van der Waals surface area contributed by atoms with Crippen LogP contribution in [-0.4, -0.2) is 57.3 Å². The second kappa shape index (κ2) is 10.9. The number of benzene rings is 2. The number of hydrogen-bond acceptors (Lipinski definition) is 4. The number of aryl methyl sites for hydroxylation is 1. The fraction of sp³-hybridized carbons (Fsp3) is 0.300. The molecular formula is C30H32N4O3. The molecule has 1 saturated heterocycles. The zero-order valence-electron chi connectivity index (χ0n) is 21.3. The van der Waals surface area contributed by atoms with Gasteiger partial charge in [-0.2, -0.15) is 0 Å². The molecular weight excluding hydrogens is 464 g/mol. The molecule has 7 heteroatoms. The van der Waals surface area contributed by atoms with Crippen molar-refractivity contribution < 1.29 is 14.0 Å². The van der Waals surface area contributed by atoms with Gasteiger partial charge in [0, 0.05) is 49.8 Å². The maximum atomic E-state index is 13.4. The maximum absolute atomic E-state index is 13.4. The first-order valence-corrected chi connectivity index (χ1v) is 12.7. The van der Waals surface area contributed by atoms with Crippen LogP contribution in [0.4, 0.5) is 0 Å². The lowest BCUT2D eigenvalue weighted by Crippen LogP contribution is -2.48. The summed E-state index contributed by atoms with van der Waals surface area (Å²) in [6.45, 7) is 3.16. The average Bonchev–Trinajstić information content (AvgIpc) is 3.64. The Morgan fingerprint density at radius 3 is 2.41 bits per heavy atom. The van der Waals surface area contributed by atoms with Crippen molar-refractivity contribution in [3.63, 3.8) is 0 Å². The normalized spacial score (nSPS) is 14.9. The molecule has 2 amide bonds. The Kier molecular flexibility index (Phi) is 7.21. The molecule has 1 atom stereocenters. The molecule has 2 aromatic carbocycles. The van der Waals surface area contributed by atoms with Gasteiger partial charge in [0.1, 0.15) is 5.76 Å². The Hall–Kier alpha value is -4.13. The highest BCUT2D eigenvalue weighted by molar-refractivity contribution is 5.95. The first-order chi connectivity index (χ1) is 18.0. The first kappa shape index (κ1) is 24.6. The summed E-state index contributed by atoms with van der Waals surface area (Å²) in [5.41, 5.74) is 3.46. The molecule has 1 fully saturated rings. The number of furan rings is 1. The van der Waals surface area contributed by atoms with Gasteiger partial charge in [0.15, 0.2) is 0 Å². The van der Waals surface area contributed by atoms with E-state index in [0.717, 1.165) is 24.9 Å². The monoisotopic (exact) mass is 496 g/mol. The molecule has 0 radical (unpaired) electrons. The van der Waals surface area contributed by atoms with Crippen LogP contribution in [0.2, 0.25) is 0 Å². The van der Waals surface area contributed by atoms with Crippen LogP contribution in [0.5, 0.6) is 0 Å². The van der Waals surface area contributed by atoms with Gasteiger partial charge in [0.25, 0.3) is 11.8 Å². The molecule has 0 aliphatic carbocycles. The third-order valence-electron chi connectivity index (χ3n) is 7.48. The van der Waals surface area contributed by atoms with Gasteiger partial charge >= 0.3 is 0 Å². The van der Waals surface area contributed by atoms with Crippen LogP contribution in [0.1, 0.15) is 44.9 Å². The molecule has 190 valence electrons. The van der Waals surface area contributed by atoms with E-state index in [-0.39, 0.29) is 23.8 Å². The van der Waals surface area contributed by atoms with Crippen LogP contribution >= 0.6 is 0 Å². The summed E-state index contributed by atoms with van der Waals surface area (Å²) in [5.74, 6) is 0.946. The van der Waals surface area contributed by atoms with Gasteiger partial charge in [-0.25, -0.2) is 4.98 Å². The molecule has 4 aromatic rings. The number of aromatic nitrogens is 2. The predicted molar refractivity (Wildman–Crippen MR) is 142 cm³/mol. The molecule has 5 rings (SSSR count). The lowest BCUT2D eigenvalue weighted by molar-refractivity contribution is 0.0521. The number of piperidine rings is 1. The molecule has 0 N–H and O–H groups in total. The number of amides is 2. The van der Waals surface area contributed by atoms with E-state index in [1.54, 1.807) is 24.9 Å². The Morgan fingerprint density at radius 1 is 1.05 bits per heavy atom. The van der Waals surface area contributed by atoms with E-state index in [1.807, 2.05) is 77.0 Å². The van der Waals surface area contributed by atoms with Crippen LogP contribution in [0.15, 0.2) is 90.1 Å². The third-order valence-corrected chi connectivity index (χ3v) is 7.48. The van der Waals surface area contributed by atoms with Crippen molar-refractivity contribution in [1.29, 1.82) is 0 Å². The quantitative estimate of drug-likeness (QED) is 0.361. The number of carbonyl (C=O) groups excluding carboxylic acids is 2. The number of imidazole rings is 1. The Balaban J connectivity index is 1.28. The summed E-state index contributed by atoms with van der Waals surface area (Å²) >= 11 is 0. The summed E-state index contributed by atoms with van der Waals surface area (Å²) < 4.78 is 7.31. The zero-order chi connectivity index (χ0) is 25.8. The molecule has 1 unspecified atom stereocenters. The van der Waals surface area contributed by atoms with Crippen LogP contribution in [0.25, 0.3) is 5.69 Å². The van der Waals surface area contributed by atoms with Crippen LogP contribution in [-0.2, 0) is 6.42 Å². The highest BCUT2D eigenvalue weighted by Crippen LogP contribution is 2.29. The summed E-state index contributed by atoms with van der Waals surface area (Å²) in [6.07, 6.45) is 9.38. The largest absolute Gasteiger partial charge is 0.469 e. The van der Waals surface area contributed by atoms with Gasteiger partial charge < -0.3 is 18.8 Å². The number of likely N-dealkylation sites (tertiary alicyclic amines) is 1. The lowest BCUT2D eigenvalue weighted by atomic mass is 9.84. The van der Waals surface area contributed by atoms with Gasteiger partial charge in [0.05, 0.1) is 18.2 Å². The van der Waals surface area contributed by atoms with Crippen molar-refractivity contribution in [3.05, 3.63) is 108 Å². The van der Waals surface area contributed by atoms with Crippen molar-refractivity contribution in [2.45, 2.75) is 32.2 Å². The van der Waals surface area contributed by atoms with Crippen molar-refractivity contribution in [2.24, 2.45) is 5.92 Å². The van der Waals surface area contributed by atoms with Crippen LogP contribution in [0.3, 0.4) is 0 Å². The zero-order valence-corrected chi connectivity index (χ0v) is 21.3. The molecule has 1 aliphatic rings. The molecule has 1 aliphatic heterocycles. The predicted octanol–water partition coefficient (Wildman–Crippen LogP) is 5.01. The topological polar surface area (TPSA) is 71.6 Å². The van der Waals surface area contributed by atoms with E-state index in [2.05, 4.69) is 17.1 Å². The molecule has 2 aromatic heterocycles. The van der Waals surface area contributed by atoms with Crippen LogP contribution < -0.4 is 0 Å².